The molecule has 0 N–H and O–H groups in total. The van der Waals surface area contributed by atoms with Crippen LogP contribution in [-0.4, -0.2) is 9.97 Å². The van der Waals surface area contributed by atoms with Crippen LogP contribution in [0, 0.1) is 11.3 Å². The molecule has 0 saturated carbocycles. The molecule has 1 heterocycles. The quantitative estimate of drug-likeness (QED) is 0.417. The third-order valence-electron chi connectivity index (χ3n) is 4.25. The molecular weight excluding hydrogens is 354 g/mol. The minimum Gasteiger partial charge on any atom is -0.218 e. The zero-order valence-corrected chi connectivity index (χ0v) is 15.1. The molecule has 0 saturated heterocycles. The SMILES string of the molecule is N#Cc1cccc(-c2cc(-c3cccc(-c4ccccc4)c3)nc(Cl)n2)c1. The van der Waals surface area contributed by atoms with E-state index in [1.54, 1.807) is 12.1 Å². The standard InChI is InChI=1S/C23H14ClN3/c24-23-26-21(19-10-4-6-16(12-19)15-25)14-22(27-23)20-11-5-9-18(13-20)17-7-2-1-3-8-17/h1-14H. The second-order valence-corrected chi connectivity index (χ2v) is 6.38. The first-order valence-electron chi connectivity index (χ1n) is 8.44. The van der Waals surface area contributed by atoms with Crippen LogP contribution in [0.4, 0.5) is 0 Å². The van der Waals surface area contributed by atoms with Gasteiger partial charge in [-0.25, -0.2) is 9.97 Å². The third kappa shape index (κ3) is 3.72. The van der Waals surface area contributed by atoms with Crippen molar-refractivity contribution in [3.05, 3.63) is 95.8 Å². The summed E-state index contributed by atoms with van der Waals surface area (Å²) in [6.07, 6.45) is 0. The van der Waals surface area contributed by atoms with Gasteiger partial charge in [0.25, 0.3) is 0 Å². The van der Waals surface area contributed by atoms with Gasteiger partial charge in [0.05, 0.1) is 23.0 Å². The highest BCUT2D eigenvalue weighted by Crippen LogP contribution is 2.29. The zero-order valence-electron chi connectivity index (χ0n) is 14.3. The first-order valence-corrected chi connectivity index (χ1v) is 8.82. The van der Waals surface area contributed by atoms with Crippen LogP contribution in [0.1, 0.15) is 5.56 Å². The van der Waals surface area contributed by atoms with Gasteiger partial charge in [0.1, 0.15) is 0 Å². The molecule has 4 heteroatoms. The van der Waals surface area contributed by atoms with E-state index in [1.807, 2.05) is 48.5 Å². The van der Waals surface area contributed by atoms with Crippen LogP contribution in [0.15, 0.2) is 84.9 Å². The van der Waals surface area contributed by atoms with Crippen molar-refractivity contribution in [1.82, 2.24) is 9.97 Å². The average molecular weight is 368 g/mol. The van der Waals surface area contributed by atoms with Crippen LogP contribution in [0.25, 0.3) is 33.6 Å². The molecule has 0 aliphatic carbocycles. The van der Waals surface area contributed by atoms with Crippen LogP contribution in [0.3, 0.4) is 0 Å². The normalized spacial score (nSPS) is 10.4. The predicted molar refractivity (Wildman–Crippen MR) is 108 cm³/mol. The second-order valence-electron chi connectivity index (χ2n) is 6.05. The Labute approximate surface area is 162 Å². The first-order chi connectivity index (χ1) is 13.2. The number of rotatable bonds is 3. The van der Waals surface area contributed by atoms with Crippen molar-refractivity contribution in [2.75, 3.05) is 0 Å². The van der Waals surface area contributed by atoms with Gasteiger partial charge in [-0.1, -0.05) is 60.7 Å². The molecule has 3 aromatic carbocycles. The van der Waals surface area contributed by atoms with Gasteiger partial charge in [0.2, 0.25) is 5.28 Å². The molecule has 0 amide bonds. The Hall–Kier alpha value is -3.48. The summed E-state index contributed by atoms with van der Waals surface area (Å²) in [4.78, 5) is 8.73. The van der Waals surface area contributed by atoms with Crippen molar-refractivity contribution in [1.29, 1.82) is 5.26 Å². The van der Waals surface area contributed by atoms with E-state index in [0.29, 0.717) is 11.3 Å². The minimum absolute atomic E-state index is 0.176. The Morgan fingerprint density at radius 2 is 1.22 bits per heavy atom. The largest absolute Gasteiger partial charge is 0.223 e. The molecule has 3 nitrogen and oxygen atoms in total. The van der Waals surface area contributed by atoms with Gasteiger partial charge in [-0.15, -0.1) is 0 Å². The molecule has 0 atom stereocenters. The van der Waals surface area contributed by atoms with Gasteiger partial charge in [0, 0.05) is 11.1 Å². The zero-order chi connectivity index (χ0) is 18.6. The Bertz CT molecular complexity index is 1150. The fraction of sp³-hybridized carbons (Fsp3) is 0. The molecule has 0 unspecified atom stereocenters. The summed E-state index contributed by atoms with van der Waals surface area (Å²) in [7, 11) is 0. The van der Waals surface area contributed by atoms with Crippen molar-refractivity contribution in [2.45, 2.75) is 0 Å². The maximum atomic E-state index is 9.13. The Morgan fingerprint density at radius 1 is 0.630 bits per heavy atom. The lowest BCUT2D eigenvalue weighted by Gasteiger charge is -2.08. The summed E-state index contributed by atoms with van der Waals surface area (Å²) < 4.78 is 0. The molecule has 0 bridgehead atoms. The van der Waals surface area contributed by atoms with E-state index in [0.717, 1.165) is 27.9 Å². The highest BCUT2D eigenvalue weighted by atomic mass is 35.5. The van der Waals surface area contributed by atoms with E-state index in [4.69, 9.17) is 16.9 Å². The lowest BCUT2D eigenvalue weighted by atomic mass is 10.0. The van der Waals surface area contributed by atoms with Crippen molar-refractivity contribution >= 4 is 11.6 Å². The highest BCUT2D eigenvalue weighted by molar-refractivity contribution is 6.28. The molecule has 0 fully saturated rings. The van der Waals surface area contributed by atoms with Crippen molar-refractivity contribution < 1.29 is 0 Å². The van der Waals surface area contributed by atoms with E-state index in [9.17, 15) is 0 Å². The molecule has 4 aromatic rings. The van der Waals surface area contributed by atoms with E-state index in [1.165, 1.54) is 0 Å². The monoisotopic (exact) mass is 367 g/mol. The van der Waals surface area contributed by atoms with Crippen LogP contribution in [-0.2, 0) is 0 Å². The van der Waals surface area contributed by atoms with Gasteiger partial charge in [-0.3, -0.25) is 0 Å². The smallest absolute Gasteiger partial charge is 0.218 e. The van der Waals surface area contributed by atoms with E-state index < -0.39 is 0 Å². The minimum atomic E-state index is 0.176. The van der Waals surface area contributed by atoms with Crippen LogP contribution < -0.4 is 0 Å². The van der Waals surface area contributed by atoms with Crippen LogP contribution in [0.5, 0.6) is 0 Å². The number of nitriles is 1. The fourth-order valence-electron chi connectivity index (χ4n) is 2.95. The average Bonchev–Trinajstić information content (AvgIpc) is 2.74. The second kappa shape index (κ2) is 7.41. The Balaban J connectivity index is 1.79. The van der Waals surface area contributed by atoms with Gasteiger partial charge < -0.3 is 0 Å². The Morgan fingerprint density at radius 3 is 1.93 bits per heavy atom. The van der Waals surface area contributed by atoms with Crippen molar-refractivity contribution in [3.8, 4) is 39.7 Å². The summed E-state index contributed by atoms with van der Waals surface area (Å²) in [6.45, 7) is 0. The van der Waals surface area contributed by atoms with Crippen LogP contribution >= 0.6 is 11.6 Å². The van der Waals surface area contributed by atoms with E-state index in [-0.39, 0.29) is 5.28 Å². The summed E-state index contributed by atoms with van der Waals surface area (Å²) >= 11 is 6.19. The van der Waals surface area contributed by atoms with Crippen molar-refractivity contribution in [2.24, 2.45) is 0 Å². The predicted octanol–water partition coefficient (Wildman–Crippen LogP) is 6.00. The Kier molecular flexibility index (Phi) is 4.65. The molecule has 4 rings (SSSR count). The number of halogens is 1. The molecule has 0 aliphatic heterocycles. The summed E-state index contributed by atoms with van der Waals surface area (Å²) in [6, 6.07) is 29.7. The summed E-state index contributed by atoms with van der Waals surface area (Å²) in [5.74, 6) is 0. The molecule has 0 radical (unpaired) electrons. The lowest BCUT2D eigenvalue weighted by molar-refractivity contribution is 1.18. The maximum Gasteiger partial charge on any atom is 0.223 e. The molecular formula is C23H14ClN3. The highest BCUT2D eigenvalue weighted by Gasteiger charge is 2.09. The number of nitrogens with zero attached hydrogens (tertiary/aromatic N) is 3. The number of benzene rings is 3. The van der Waals surface area contributed by atoms with Gasteiger partial charge in [-0.2, -0.15) is 5.26 Å². The molecule has 0 aliphatic rings. The number of aromatic nitrogens is 2. The molecule has 1 aromatic heterocycles. The maximum absolute atomic E-state index is 9.13. The van der Waals surface area contributed by atoms with Crippen molar-refractivity contribution in [3.63, 3.8) is 0 Å². The van der Waals surface area contributed by atoms with Gasteiger partial charge in [0.15, 0.2) is 0 Å². The molecule has 27 heavy (non-hydrogen) atoms. The molecule has 0 spiro atoms. The topological polar surface area (TPSA) is 49.6 Å². The van der Waals surface area contributed by atoms with E-state index in [2.05, 4.69) is 40.3 Å². The van der Waals surface area contributed by atoms with Crippen LogP contribution in [0.2, 0.25) is 5.28 Å². The number of hydrogen-bond donors (Lipinski definition) is 0. The van der Waals surface area contributed by atoms with Gasteiger partial charge >= 0.3 is 0 Å². The molecule has 128 valence electrons. The fourth-order valence-corrected chi connectivity index (χ4v) is 3.13. The number of hydrogen-bond acceptors (Lipinski definition) is 3. The third-order valence-corrected chi connectivity index (χ3v) is 4.42. The van der Waals surface area contributed by atoms with Gasteiger partial charge in [-0.05, 0) is 47.0 Å². The summed E-state index contributed by atoms with van der Waals surface area (Å²) in [5, 5.41) is 9.30. The van der Waals surface area contributed by atoms with E-state index >= 15 is 0 Å². The lowest BCUT2D eigenvalue weighted by Crippen LogP contribution is -1.92. The first kappa shape index (κ1) is 17.0. The summed E-state index contributed by atoms with van der Waals surface area (Å²) in [5.41, 5.74) is 6.04.